The summed E-state index contributed by atoms with van der Waals surface area (Å²) in [4.78, 5) is 6.42. The van der Waals surface area contributed by atoms with Gasteiger partial charge in [0.05, 0.1) is 0 Å². The first-order valence-electron chi connectivity index (χ1n) is 11.3. The number of aryl methyl sites for hydroxylation is 1. The van der Waals surface area contributed by atoms with Crippen molar-refractivity contribution in [3.05, 3.63) is 71.4 Å². The Morgan fingerprint density at radius 2 is 1.55 bits per heavy atom. The van der Waals surface area contributed by atoms with Gasteiger partial charge < -0.3 is 4.98 Å². The molecule has 0 saturated heterocycles. The van der Waals surface area contributed by atoms with Crippen molar-refractivity contribution in [2.24, 2.45) is 11.8 Å². The molecular weight excluding hydrogens is 352 g/mol. The number of nitrogens with one attached hydrogen (secondary N) is 1. The van der Waals surface area contributed by atoms with Crippen LogP contribution in [0.5, 0.6) is 0 Å². The zero-order valence-corrected chi connectivity index (χ0v) is 18.3. The molecule has 2 aliphatic carbocycles. The molecule has 2 atom stereocenters. The molecular formula is C27H34N2. The van der Waals surface area contributed by atoms with Crippen molar-refractivity contribution in [2.75, 3.05) is 14.1 Å². The maximum absolute atomic E-state index is 3.92. The van der Waals surface area contributed by atoms with Crippen LogP contribution in [0.3, 0.4) is 0 Å². The Balaban J connectivity index is 1.63. The molecule has 0 aliphatic heterocycles. The largest absolute Gasteiger partial charge is 0.358 e. The lowest BCUT2D eigenvalue weighted by Crippen LogP contribution is -2.56. The van der Waals surface area contributed by atoms with Gasteiger partial charge in [0.15, 0.2) is 0 Å². The zero-order chi connectivity index (χ0) is 20.2. The van der Waals surface area contributed by atoms with Crippen LogP contribution in [-0.2, 0) is 17.4 Å². The number of nitrogens with zero attached hydrogens (tertiary/aromatic N) is 1. The lowest BCUT2D eigenvalue weighted by Gasteiger charge is -2.58. The van der Waals surface area contributed by atoms with Gasteiger partial charge in [-0.3, -0.25) is 4.90 Å². The summed E-state index contributed by atoms with van der Waals surface area (Å²) < 4.78 is 0. The first kappa shape index (κ1) is 18.9. The van der Waals surface area contributed by atoms with Gasteiger partial charge in [0, 0.05) is 27.6 Å². The summed E-state index contributed by atoms with van der Waals surface area (Å²) in [5.74, 6) is 1.25. The highest BCUT2D eigenvalue weighted by Gasteiger charge is 2.55. The normalized spacial score (nSPS) is 32.0. The Kier molecular flexibility index (Phi) is 4.40. The highest BCUT2D eigenvalue weighted by Crippen LogP contribution is 2.59. The van der Waals surface area contributed by atoms with Gasteiger partial charge >= 0.3 is 0 Å². The predicted molar refractivity (Wildman–Crippen MR) is 122 cm³/mol. The van der Waals surface area contributed by atoms with E-state index in [0.717, 1.165) is 0 Å². The molecule has 0 radical (unpaired) electrons. The summed E-state index contributed by atoms with van der Waals surface area (Å²) in [6.07, 6.45) is 6.27. The molecule has 1 spiro atoms. The third kappa shape index (κ3) is 2.58. The van der Waals surface area contributed by atoms with E-state index in [4.69, 9.17) is 0 Å². The number of aromatic amines is 1. The van der Waals surface area contributed by atoms with Crippen LogP contribution in [0.25, 0.3) is 10.9 Å². The molecule has 2 aromatic carbocycles. The van der Waals surface area contributed by atoms with E-state index in [-0.39, 0.29) is 11.0 Å². The lowest BCUT2D eigenvalue weighted by molar-refractivity contribution is -0.0190. The average Bonchev–Trinajstić information content (AvgIpc) is 3.12. The van der Waals surface area contributed by atoms with Crippen molar-refractivity contribution in [3.8, 4) is 0 Å². The van der Waals surface area contributed by atoms with Gasteiger partial charge in [-0.1, -0.05) is 62.4 Å². The van der Waals surface area contributed by atoms with Crippen LogP contribution in [0, 0.1) is 11.8 Å². The van der Waals surface area contributed by atoms with E-state index in [0.29, 0.717) is 11.8 Å². The van der Waals surface area contributed by atoms with E-state index in [2.05, 4.69) is 92.4 Å². The number of aromatic nitrogens is 1. The topological polar surface area (TPSA) is 19.0 Å². The summed E-state index contributed by atoms with van der Waals surface area (Å²) in [6, 6.07) is 20.2. The minimum absolute atomic E-state index is 0.120. The van der Waals surface area contributed by atoms with Gasteiger partial charge in [-0.25, -0.2) is 0 Å². The van der Waals surface area contributed by atoms with Crippen LogP contribution in [-0.4, -0.2) is 24.0 Å². The molecule has 2 nitrogen and oxygen atoms in total. The Labute approximate surface area is 175 Å². The van der Waals surface area contributed by atoms with Crippen LogP contribution in [0.15, 0.2) is 54.6 Å². The molecule has 0 bridgehead atoms. The summed E-state index contributed by atoms with van der Waals surface area (Å²) in [6.45, 7) is 5.05. The second-order valence-corrected chi connectivity index (χ2v) is 9.92. The highest BCUT2D eigenvalue weighted by molar-refractivity contribution is 5.85. The number of benzene rings is 2. The zero-order valence-electron chi connectivity index (χ0n) is 18.3. The quantitative estimate of drug-likeness (QED) is 0.550. The van der Waals surface area contributed by atoms with E-state index in [1.165, 1.54) is 48.6 Å². The molecule has 1 aromatic heterocycles. The van der Waals surface area contributed by atoms with Gasteiger partial charge in [0.2, 0.25) is 0 Å². The van der Waals surface area contributed by atoms with E-state index in [1.54, 1.807) is 11.3 Å². The van der Waals surface area contributed by atoms with Crippen molar-refractivity contribution < 1.29 is 0 Å². The Morgan fingerprint density at radius 3 is 2.24 bits per heavy atom. The van der Waals surface area contributed by atoms with Gasteiger partial charge in [0.25, 0.3) is 0 Å². The van der Waals surface area contributed by atoms with Crippen LogP contribution >= 0.6 is 0 Å². The number of fused-ring (bicyclic) bond motifs is 4. The van der Waals surface area contributed by atoms with Crippen molar-refractivity contribution in [2.45, 2.75) is 56.9 Å². The molecule has 1 heterocycles. The smallest absolute Gasteiger partial charge is 0.0460 e. The average molecular weight is 387 g/mol. The molecule has 2 aliphatic rings. The predicted octanol–water partition coefficient (Wildman–Crippen LogP) is 6.27. The van der Waals surface area contributed by atoms with Crippen LogP contribution in [0.1, 0.15) is 56.4 Å². The van der Waals surface area contributed by atoms with Crippen molar-refractivity contribution >= 4 is 10.9 Å². The Hall–Kier alpha value is -2.06. The number of hydrogen-bond donors (Lipinski definition) is 1. The van der Waals surface area contributed by atoms with Crippen LogP contribution < -0.4 is 0 Å². The van der Waals surface area contributed by atoms with E-state index in [1.807, 2.05) is 0 Å². The lowest BCUT2D eigenvalue weighted by atomic mass is 9.50. The second kappa shape index (κ2) is 6.74. The third-order valence-electron chi connectivity index (χ3n) is 8.51. The maximum atomic E-state index is 3.92. The fourth-order valence-corrected chi connectivity index (χ4v) is 7.08. The number of rotatable bonds is 2. The monoisotopic (exact) mass is 386 g/mol. The molecule has 3 aromatic rings. The fourth-order valence-electron chi connectivity index (χ4n) is 7.08. The molecule has 0 amide bonds. The van der Waals surface area contributed by atoms with Crippen molar-refractivity contribution in [1.82, 2.24) is 9.88 Å². The van der Waals surface area contributed by atoms with Crippen LogP contribution in [0.4, 0.5) is 0 Å². The second-order valence-electron chi connectivity index (χ2n) is 9.92. The first-order chi connectivity index (χ1) is 14.0. The molecule has 152 valence electrons. The SMILES string of the molecule is CC1CC(c2ccccc2)(N(C)C)CC(C)C12CCCc1c2[nH]c2ccccc12. The van der Waals surface area contributed by atoms with E-state index in [9.17, 15) is 0 Å². The first-order valence-corrected chi connectivity index (χ1v) is 11.3. The maximum Gasteiger partial charge on any atom is 0.0460 e. The molecule has 2 heteroatoms. The van der Waals surface area contributed by atoms with Crippen molar-refractivity contribution in [1.29, 1.82) is 0 Å². The third-order valence-corrected chi connectivity index (χ3v) is 8.51. The summed E-state index contributed by atoms with van der Waals surface area (Å²) in [5.41, 5.74) is 6.35. The Morgan fingerprint density at radius 1 is 0.897 bits per heavy atom. The summed E-state index contributed by atoms with van der Waals surface area (Å²) in [5, 5.41) is 1.45. The standard InChI is InChI=1S/C27H34N2/c1-19-17-26(29(3)4,21-11-6-5-7-12-21)18-20(2)27(19)16-10-14-23-22-13-8-9-15-24(22)28-25(23)27/h5-9,11-13,15,19-20,28H,10,14,16-18H2,1-4H3. The van der Waals surface area contributed by atoms with Crippen LogP contribution in [0.2, 0.25) is 0 Å². The Bertz CT molecular complexity index is 1000. The van der Waals surface area contributed by atoms with Gasteiger partial charge in [-0.05, 0) is 75.2 Å². The molecule has 2 unspecified atom stereocenters. The molecule has 1 saturated carbocycles. The summed E-state index contributed by atoms with van der Waals surface area (Å²) in [7, 11) is 4.55. The molecule has 29 heavy (non-hydrogen) atoms. The fraction of sp³-hybridized carbons (Fsp3) is 0.481. The molecule has 1 N–H and O–H groups in total. The molecule has 5 rings (SSSR count). The van der Waals surface area contributed by atoms with Gasteiger partial charge in [0.1, 0.15) is 0 Å². The highest BCUT2D eigenvalue weighted by atomic mass is 15.2. The summed E-state index contributed by atoms with van der Waals surface area (Å²) >= 11 is 0. The molecule has 1 fully saturated rings. The van der Waals surface area contributed by atoms with Gasteiger partial charge in [-0.2, -0.15) is 0 Å². The number of H-pyrrole nitrogens is 1. The van der Waals surface area contributed by atoms with E-state index >= 15 is 0 Å². The van der Waals surface area contributed by atoms with Crippen molar-refractivity contribution in [3.63, 3.8) is 0 Å². The minimum Gasteiger partial charge on any atom is -0.358 e. The number of hydrogen-bond acceptors (Lipinski definition) is 1. The van der Waals surface area contributed by atoms with Gasteiger partial charge in [-0.15, -0.1) is 0 Å². The van der Waals surface area contributed by atoms with E-state index < -0.39 is 0 Å². The minimum atomic E-state index is 0.120. The number of para-hydroxylation sites is 1.